The molecule has 0 unspecified atom stereocenters. The van der Waals surface area contributed by atoms with Gasteiger partial charge in [-0.25, -0.2) is 0 Å². The van der Waals surface area contributed by atoms with Gasteiger partial charge in [0.1, 0.15) is 30.0 Å². The monoisotopic (exact) mass is 404 g/mol. The van der Waals surface area contributed by atoms with Gasteiger partial charge in [0, 0.05) is 37.4 Å². The maximum Gasteiger partial charge on any atom is 0.222 e. The predicted molar refractivity (Wildman–Crippen MR) is 112 cm³/mol. The van der Waals surface area contributed by atoms with E-state index in [2.05, 4.69) is 17.1 Å². The number of anilines is 1. The van der Waals surface area contributed by atoms with E-state index in [0.29, 0.717) is 24.3 Å². The SMILES string of the molecule is CCC(=O)N1CC[C@H](OC2=C(C3=CN(c4cncc(C#N)c4)C=CO3)CCC=C2)C1. The number of allylic oxidation sites excluding steroid dienone is 3. The van der Waals surface area contributed by atoms with E-state index in [0.717, 1.165) is 42.8 Å². The Balaban J connectivity index is 1.55. The summed E-state index contributed by atoms with van der Waals surface area (Å²) in [6.45, 7) is 3.24. The highest BCUT2D eigenvalue weighted by Gasteiger charge is 2.28. The second-order valence-electron chi connectivity index (χ2n) is 7.35. The molecule has 1 atom stereocenters. The van der Waals surface area contributed by atoms with Crippen LogP contribution in [0.15, 0.2) is 66.4 Å². The third-order valence-electron chi connectivity index (χ3n) is 5.34. The lowest BCUT2D eigenvalue weighted by Crippen LogP contribution is -2.29. The fraction of sp³-hybridized carbons (Fsp3) is 0.348. The average Bonchev–Trinajstić information content (AvgIpc) is 3.27. The molecule has 7 nitrogen and oxygen atoms in total. The molecule has 0 aromatic carbocycles. The van der Waals surface area contributed by atoms with Crippen molar-refractivity contribution in [2.75, 3.05) is 18.0 Å². The highest BCUT2D eigenvalue weighted by Crippen LogP contribution is 2.32. The number of pyridine rings is 1. The van der Waals surface area contributed by atoms with Crippen molar-refractivity contribution in [2.24, 2.45) is 0 Å². The summed E-state index contributed by atoms with van der Waals surface area (Å²) < 4.78 is 12.1. The molecule has 1 fully saturated rings. The van der Waals surface area contributed by atoms with Gasteiger partial charge in [0.05, 0.1) is 30.2 Å². The maximum atomic E-state index is 12.0. The van der Waals surface area contributed by atoms with Gasteiger partial charge in [0.25, 0.3) is 0 Å². The third kappa shape index (κ3) is 4.23. The van der Waals surface area contributed by atoms with Crippen LogP contribution >= 0.6 is 0 Å². The van der Waals surface area contributed by atoms with Gasteiger partial charge >= 0.3 is 0 Å². The number of hydrogen-bond acceptors (Lipinski definition) is 6. The minimum Gasteiger partial charge on any atom is -0.488 e. The molecular formula is C23H24N4O3. The van der Waals surface area contributed by atoms with Crippen LogP contribution in [0.2, 0.25) is 0 Å². The van der Waals surface area contributed by atoms with Crippen LogP contribution in [-0.4, -0.2) is 35.0 Å². The van der Waals surface area contributed by atoms with E-state index in [-0.39, 0.29) is 12.0 Å². The summed E-state index contributed by atoms with van der Waals surface area (Å²) >= 11 is 0. The molecular weight excluding hydrogens is 380 g/mol. The van der Waals surface area contributed by atoms with Crippen molar-refractivity contribution < 1.29 is 14.3 Å². The number of nitrogens with zero attached hydrogens (tertiary/aromatic N) is 4. The molecule has 4 rings (SSSR count). The summed E-state index contributed by atoms with van der Waals surface area (Å²) in [5.41, 5.74) is 2.28. The molecule has 1 aromatic heterocycles. The summed E-state index contributed by atoms with van der Waals surface area (Å²) in [5, 5.41) is 9.13. The fourth-order valence-corrected chi connectivity index (χ4v) is 3.76. The topological polar surface area (TPSA) is 78.7 Å². The molecule has 0 N–H and O–H groups in total. The molecule has 1 aromatic rings. The zero-order valence-electron chi connectivity index (χ0n) is 17.0. The lowest BCUT2D eigenvalue weighted by Gasteiger charge is -2.26. The number of hydrogen-bond donors (Lipinski definition) is 0. The van der Waals surface area contributed by atoms with Crippen LogP contribution in [0.3, 0.4) is 0 Å². The Hall–Kier alpha value is -3.53. The van der Waals surface area contributed by atoms with Crippen LogP contribution in [0.1, 0.15) is 38.2 Å². The van der Waals surface area contributed by atoms with Crippen molar-refractivity contribution in [3.8, 4) is 6.07 Å². The minimum atomic E-state index is -0.0133. The Morgan fingerprint density at radius 2 is 2.33 bits per heavy atom. The molecule has 7 heteroatoms. The second kappa shape index (κ2) is 8.87. The number of likely N-dealkylation sites (tertiary alicyclic amines) is 1. The zero-order valence-corrected chi connectivity index (χ0v) is 17.0. The van der Waals surface area contributed by atoms with Crippen LogP contribution in [0.5, 0.6) is 0 Å². The van der Waals surface area contributed by atoms with E-state index in [1.807, 2.05) is 29.0 Å². The number of ether oxygens (including phenoxy) is 2. The average molecular weight is 404 g/mol. The molecule has 1 saturated heterocycles. The molecule has 30 heavy (non-hydrogen) atoms. The summed E-state index contributed by atoms with van der Waals surface area (Å²) in [4.78, 5) is 19.8. The molecule has 0 saturated carbocycles. The molecule has 1 amide bonds. The van der Waals surface area contributed by atoms with Crippen molar-refractivity contribution >= 4 is 11.6 Å². The van der Waals surface area contributed by atoms with Gasteiger partial charge in [-0.1, -0.05) is 13.0 Å². The lowest BCUT2D eigenvalue weighted by molar-refractivity contribution is -0.130. The first kappa shape index (κ1) is 19.8. The number of aromatic nitrogens is 1. The first-order chi connectivity index (χ1) is 14.7. The molecule has 1 aliphatic carbocycles. The van der Waals surface area contributed by atoms with Gasteiger partial charge in [-0.05, 0) is 25.0 Å². The van der Waals surface area contributed by atoms with Crippen molar-refractivity contribution in [1.82, 2.24) is 9.88 Å². The molecule has 154 valence electrons. The van der Waals surface area contributed by atoms with Gasteiger partial charge in [-0.2, -0.15) is 5.26 Å². The Kier molecular flexibility index (Phi) is 5.84. The summed E-state index contributed by atoms with van der Waals surface area (Å²) in [6, 6.07) is 3.89. The van der Waals surface area contributed by atoms with Crippen LogP contribution in [-0.2, 0) is 14.3 Å². The van der Waals surface area contributed by atoms with Crippen molar-refractivity contribution in [2.45, 2.75) is 38.7 Å². The molecule has 0 bridgehead atoms. The predicted octanol–water partition coefficient (Wildman–Crippen LogP) is 3.73. The Bertz CT molecular complexity index is 986. The van der Waals surface area contributed by atoms with Crippen LogP contribution in [0.25, 0.3) is 0 Å². The number of carbonyl (C=O) groups excluding carboxylic acids is 1. The van der Waals surface area contributed by atoms with Crippen molar-refractivity contribution in [1.29, 1.82) is 5.26 Å². The van der Waals surface area contributed by atoms with Gasteiger partial charge in [-0.15, -0.1) is 0 Å². The number of rotatable bonds is 5. The summed E-state index contributed by atoms with van der Waals surface area (Å²) in [7, 11) is 0. The van der Waals surface area contributed by atoms with Gasteiger partial charge in [-0.3, -0.25) is 9.78 Å². The maximum absolute atomic E-state index is 12.0. The van der Waals surface area contributed by atoms with Crippen LogP contribution in [0.4, 0.5) is 5.69 Å². The zero-order chi connectivity index (χ0) is 20.9. The molecule has 3 heterocycles. The van der Waals surface area contributed by atoms with E-state index in [4.69, 9.17) is 14.7 Å². The number of carbonyl (C=O) groups is 1. The molecule has 0 radical (unpaired) electrons. The minimum absolute atomic E-state index is 0.0133. The Labute approximate surface area is 176 Å². The highest BCUT2D eigenvalue weighted by atomic mass is 16.5. The molecule has 0 spiro atoms. The number of amides is 1. The van der Waals surface area contributed by atoms with Crippen molar-refractivity contribution in [3.05, 3.63) is 71.9 Å². The Morgan fingerprint density at radius 1 is 1.43 bits per heavy atom. The highest BCUT2D eigenvalue weighted by molar-refractivity contribution is 5.76. The van der Waals surface area contributed by atoms with E-state index < -0.39 is 0 Å². The standard InChI is InChI=1S/C23H24N4O3/c1-2-23(28)27-8-7-19(15-27)30-21-6-4-3-5-20(21)22-16-26(9-10-29-22)18-11-17(12-24)13-25-14-18/h4,6,9-11,13-14,16,19H,2-3,5,7-8,15H2,1H3/t19-/m0/s1. The first-order valence-corrected chi connectivity index (χ1v) is 10.2. The summed E-state index contributed by atoms with van der Waals surface area (Å²) in [6.07, 6.45) is 15.7. The summed E-state index contributed by atoms with van der Waals surface area (Å²) in [5.74, 6) is 1.67. The Morgan fingerprint density at radius 3 is 3.17 bits per heavy atom. The van der Waals surface area contributed by atoms with E-state index in [1.54, 1.807) is 24.7 Å². The normalized spacial score (nSPS) is 20.7. The van der Waals surface area contributed by atoms with E-state index in [1.165, 1.54) is 6.20 Å². The fourth-order valence-electron chi connectivity index (χ4n) is 3.76. The molecule has 2 aliphatic heterocycles. The quantitative estimate of drug-likeness (QED) is 0.744. The molecule has 3 aliphatic rings. The van der Waals surface area contributed by atoms with Gasteiger partial charge < -0.3 is 19.3 Å². The van der Waals surface area contributed by atoms with Crippen molar-refractivity contribution in [3.63, 3.8) is 0 Å². The lowest BCUT2D eigenvalue weighted by atomic mass is 10.0. The largest absolute Gasteiger partial charge is 0.488 e. The van der Waals surface area contributed by atoms with Crippen LogP contribution < -0.4 is 4.90 Å². The van der Waals surface area contributed by atoms with Crippen LogP contribution in [0, 0.1) is 11.3 Å². The van der Waals surface area contributed by atoms with Gasteiger partial charge in [0.2, 0.25) is 5.91 Å². The van der Waals surface area contributed by atoms with Gasteiger partial charge in [0.15, 0.2) is 0 Å². The number of nitriles is 1. The second-order valence-corrected chi connectivity index (χ2v) is 7.35. The third-order valence-corrected chi connectivity index (χ3v) is 5.34. The first-order valence-electron chi connectivity index (χ1n) is 10.2. The smallest absolute Gasteiger partial charge is 0.222 e. The van der Waals surface area contributed by atoms with E-state index >= 15 is 0 Å². The van der Waals surface area contributed by atoms with E-state index in [9.17, 15) is 4.79 Å².